The molecule has 0 aliphatic heterocycles. The molecule has 0 saturated heterocycles. The highest BCUT2D eigenvalue weighted by Crippen LogP contribution is 2.26. The maximum atomic E-state index is 12.9. The fourth-order valence-corrected chi connectivity index (χ4v) is 2.73. The third kappa shape index (κ3) is 4.01. The molecule has 136 valence electrons. The maximum absolute atomic E-state index is 12.9. The monoisotopic (exact) mass is 360 g/mol. The van der Waals surface area contributed by atoms with Crippen molar-refractivity contribution in [2.75, 3.05) is 0 Å². The summed E-state index contributed by atoms with van der Waals surface area (Å²) in [5, 5.41) is 13.0. The van der Waals surface area contributed by atoms with Gasteiger partial charge in [0, 0.05) is 16.5 Å². The molecule has 0 atom stereocenters. The molecule has 0 saturated carbocycles. The van der Waals surface area contributed by atoms with E-state index in [2.05, 4.69) is 17.0 Å². The van der Waals surface area contributed by atoms with Gasteiger partial charge in [0.15, 0.2) is 0 Å². The molecule has 2 aromatic carbocycles. The molecule has 0 aliphatic carbocycles. The summed E-state index contributed by atoms with van der Waals surface area (Å²) in [4.78, 5) is 12.9. The standard InChI is InChI=1S/C22H20N2O3/c1-22(2,3)27-21(25)24-19-12-8-7-11-17(19)18(15-23-26)20(24)14-13-16-9-5-4-6-10-16/h4-12,15,26H,1-3H3/b23-15+. The zero-order valence-corrected chi connectivity index (χ0v) is 15.4. The lowest BCUT2D eigenvalue weighted by molar-refractivity contribution is 0.0543. The summed E-state index contributed by atoms with van der Waals surface area (Å²) in [6.07, 6.45) is 0.756. The van der Waals surface area contributed by atoms with Crippen molar-refractivity contribution in [1.29, 1.82) is 0 Å². The number of aromatic nitrogens is 1. The number of carbonyl (C=O) groups is 1. The van der Waals surface area contributed by atoms with Crippen LogP contribution in [-0.2, 0) is 4.74 Å². The molecule has 3 aromatic rings. The SMILES string of the molecule is CC(C)(C)OC(=O)n1c(C#Cc2ccccc2)c(/C=N/O)c2ccccc21. The fourth-order valence-electron chi connectivity index (χ4n) is 2.73. The van der Waals surface area contributed by atoms with Crippen LogP contribution in [0.1, 0.15) is 37.6 Å². The van der Waals surface area contributed by atoms with E-state index in [4.69, 9.17) is 9.94 Å². The van der Waals surface area contributed by atoms with E-state index in [1.807, 2.05) is 75.4 Å². The predicted octanol–water partition coefficient (Wildman–Crippen LogP) is 4.63. The Bertz CT molecular complexity index is 1060. The Morgan fingerprint density at radius 2 is 1.74 bits per heavy atom. The number of benzene rings is 2. The number of ether oxygens (including phenoxy) is 1. The van der Waals surface area contributed by atoms with Gasteiger partial charge in [-0.25, -0.2) is 9.36 Å². The van der Waals surface area contributed by atoms with E-state index in [-0.39, 0.29) is 0 Å². The van der Waals surface area contributed by atoms with Gasteiger partial charge in [0.1, 0.15) is 11.3 Å². The van der Waals surface area contributed by atoms with Crippen molar-refractivity contribution in [3.63, 3.8) is 0 Å². The second kappa shape index (κ2) is 7.38. The molecule has 1 aromatic heterocycles. The van der Waals surface area contributed by atoms with Gasteiger partial charge in [0.25, 0.3) is 0 Å². The normalized spacial score (nSPS) is 11.4. The Morgan fingerprint density at radius 1 is 1.07 bits per heavy atom. The minimum absolute atomic E-state index is 0.409. The predicted molar refractivity (Wildman–Crippen MR) is 105 cm³/mol. The van der Waals surface area contributed by atoms with Gasteiger partial charge in [0.2, 0.25) is 0 Å². The van der Waals surface area contributed by atoms with E-state index in [1.165, 1.54) is 10.8 Å². The van der Waals surface area contributed by atoms with Gasteiger partial charge in [0.05, 0.1) is 11.7 Å². The van der Waals surface area contributed by atoms with Gasteiger partial charge in [-0.1, -0.05) is 47.5 Å². The summed E-state index contributed by atoms with van der Waals surface area (Å²) < 4.78 is 6.99. The zero-order chi connectivity index (χ0) is 19.4. The first-order valence-corrected chi connectivity index (χ1v) is 8.52. The first-order chi connectivity index (χ1) is 12.9. The average Bonchev–Trinajstić information content (AvgIpc) is 2.94. The number of fused-ring (bicyclic) bond motifs is 1. The summed E-state index contributed by atoms with van der Waals surface area (Å²) >= 11 is 0. The average molecular weight is 360 g/mol. The van der Waals surface area contributed by atoms with Crippen LogP contribution < -0.4 is 0 Å². The molecule has 0 spiro atoms. The van der Waals surface area contributed by atoms with Gasteiger partial charge >= 0.3 is 6.09 Å². The van der Waals surface area contributed by atoms with E-state index in [1.54, 1.807) is 0 Å². The number of nitrogens with zero attached hydrogens (tertiary/aromatic N) is 2. The molecule has 1 N–H and O–H groups in total. The van der Waals surface area contributed by atoms with Crippen LogP contribution in [0, 0.1) is 11.8 Å². The van der Waals surface area contributed by atoms with Crippen molar-refractivity contribution in [1.82, 2.24) is 4.57 Å². The second-order valence-corrected chi connectivity index (χ2v) is 6.96. The molecule has 0 radical (unpaired) electrons. The Balaban J connectivity index is 2.26. The van der Waals surface area contributed by atoms with Gasteiger partial charge in [-0.2, -0.15) is 0 Å². The summed E-state index contributed by atoms with van der Waals surface area (Å²) in [5.41, 5.74) is 1.76. The largest absolute Gasteiger partial charge is 0.443 e. The van der Waals surface area contributed by atoms with E-state index in [0.717, 1.165) is 10.9 Å². The molecule has 5 nitrogen and oxygen atoms in total. The van der Waals surface area contributed by atoms with Crippen LogP contribution in [0.15, 0.2) is 59.8 Å². The Hall–Kier alpha value is -3.52. The molecule has 0 fully saturated rings. The minimum Gasteiger partial charge on any atom is -0.443 e. The molecule has 5 heteroatoms. The molecule has 0 amide bonds. The number of para-hydroxylation sites is 1. The van der Waals surface area contributed by atoms with Gasteiger partial charge in [-0.3, -0.25) is 0 Å². The summed E-state index contributed by atoms with van der Waals surface area (Å²) in [6.45, 7) is 5.42. The first-order valence-electron chi connectivity index (χ1n) is 8.52. The summed E-state index contributed by atoms with van der Waals surface area (Å²) in [7, 11) is 0. The Labute approximate surface area is 157 Å². The maximum Gasteiger partial charge on any atom is 0.420 e. The van der Waals surface area contributed by atoms with Crippen molar-refractivity contribution in [3.8, 4) is 11.8 Å². The lowest BCUT2D eigenvalue weighted by Crippen LogP contribution is -2.27. The van der Waals surface area contributed by atoms with Crippen molar-refractivity contribution in [2.24, 2.45) is 5.16 Å². The number of rotatable bonds is 1. The van der Waals surface area contributed by atoms with Crippen LogP contribution in [0.5, 0.6) is 0 Å². The third-order valence-electron chi connectivity index (χ3n) is 3.78. The topological polar surface area (TPSA) is 63.8 Å². The highest BCUT2D eigenvalue weighted by atomic mass is 16.6. The Kier molecular flexibility index (Phi) is 5.00. The lowest BCUT2D eigenvalue weighted by Gasteiger charge is -2.20. The number of oxime groups is 1. The molecule has 0 aliphatic rings. The third-order valence-corrected chi connectivity index (χ3v) is 3.78. The van der Waals surface area contributed by atoms with E-state index in [0.29, 0.717) is 16.8 Å². The first kappa shape index (κ1) is 18.3. The number of hydrogen-bond donors (Lipinski definition) is 1. The minimum atomic E-state index is -0.655. The van der Waals surface area contributed by atoms with Crippen LogP contribution in [0.3, 0.4) is 0 Å². The van der Waals surface area contributed by atoms with Gasteiger partial charge < -0.3 is 9.94 Å². The zero-order valence-electron chi connectivity index (χ0n) is 15.4. The fraction of sp³-hybridized carbons (Fsp3) is 0.182. The molecule has 1 heterocycles. The smallest absolute Gasteiger partial charge is 0.420 e. The van der Waals surface area contributed by atoms with Crippen LogP contribution in [0.2, 0.25) is 0 Å². The van der Waals surface area contributed by atoms with Crippen LogP contribution in [0.4, 0.5) is 4.79 Å². The van der Waals surface area contributed by atoms with Crippen molar-refractivity contribution >= 4 is 23.2 Å². The van der Waals surface area contributed by atoms with E-state index in [9.17, 15) is 4.79 Å². The summed E-state index contributed by atoms with van der Waals surface area (Å²) in [6, 6.07) is 16.8. The van der Waals surface area contributed by atoms with Crippen LogP contribution in [0.25, 0.3) is 10.9 Å². The highest BCUT2D eigenvalue weighted by Gasteiger charge is 2.24. The van der Waals surface area contributed by atoms with E-state index >= 15 is 0 Å². The quantitative estimate of drug-likeness (QED) is 0.298. The molecular weight excluding hydrogens is 340 g/mol. The Morgan fingerprint density at radius 3 is 2.41 bits per heavy atom. The number of carbonyl (C=O) groups excluding carboxylic acids is 1. The van der Waals surface area contributed by atoms with Gasteiger partial charge in [-0.05, 0) is 44.9 Å². The molecule has 0 unspecified atom stereocenters. The van der Waals surface area contributed by atoms with Crippen molar-refractivity contribution in [2.45, 2.75) is 26.4 Å². The molecule has 27 heavy (non-hydrogen) atoms. The van der Waals surface area contributed by atoms with Crippen molar-refractivity contribution < 1.29 is 14.7 Å². The lowest BCUT2D eigenvalue weighted by atomic mass is 10.1. The second-order valence-electron chi connectivity index (χ2n) is 6.96. The highest BCUT2D eigenvalue weighted by molar-refractivity contribution is 6.05. The summed E-state index contributed by atoms with van der Waals surface area (Å²) in [5.74, 6) is 6.11. The van der Waals surface area contributed by atoms with Crippen LogP contribution in [-0.4, -0.2) is 27.7 Å². The molecule has 0 bridgehead atoms. The molecule has 3 rings (SSSR count). The molecular formula is C22H20N2O3. The van der Waals surface area contributed by atoms with Crippen LogP contribution >= 0.6 is 0 Å². The van der Waals surface area contributed by atoms with Crippen molar-refractivity contribution in [3.05, 3.63) is 71.4 Å². The van der Waals surface area contributed by atoms with Gasteiger partial charge in [-0.15, -0.1) is 0 Å². The number of hydrogen-bond acceptors (Lipinski definition) is 4. The van der Waals surface area contributed by atoms with E-state index < -0.39 is 11.7 Å².